The van der Waals surface area contributed by atoms with Crippen molar-refractivity contribution in [2.24, 2.45) is 0 Å². The molecule has 2 heteroatoms. The summed E-state index contributed by atoms with van der Waals surface area (Å²) < 4.78 is 5.66. The third-order valence-electron chi connectivity index (χ3n) is 0.874. The molecule has 0 unspecified atom stereocenters. The summed E-state index contributed by atoms with van der Waals surface area (Å²) in [5, 5.41) is 0. The number of hydrogen-bond acceptors (Lipinski definition) is 1. The van der Waals surface area contributed by atoms with Crippen molar-refractivity contribution in [2.75, 3.05) is 6.61 Å². The van der Waals surface area contributed by atoms with Crippen molar-refractivity contribution in [2.45, 2.75) is 17.0 Å². The van der Waals surface area contributed by atoms with Gasteiger partial charge in [-0.15, -0.1) is 0 Å². The summed E-state index contributed by atoms with van der Waals surface area (Å²) in [7, 11) is 0. The molecule has 0 N–H and O–H groups in total. The van der Waals surface area contributed by atoms with Crippen LogP contribution in [0.1, 0.15) is 12.8 Å². The van der Waals surface area contributed by atoms with Crippen molar-refractivity contribution in [3.05, 3.63) is 0 Å². The van der Waals surface area contributed by atoms with E-state index in [1.165, 1.54) is 12.8 Å². The molecule has 6 heavy (non-hydrogen) atoms. The van der Waals surface area contributed by atoms with Crippen molar-refractivity contribution in [1.82, 2.24) is 0 Å². The maximum absolute atomic E-state index is 5.14. The topological polar surface area (TPSA) is 9.23 Å². The Balaban J connectivity index is 2.18. The molecule has 0 aromatic carbocycles. The molecule has 1 saturated heterocycles. The van der Waals surface area contributed by atoms with Crippen molar-refractivity contribution in [1.29, 1.82) is 0 Å². The first kappa shape index (κ1) is 4.84. The standard InChI is InChI=1S/C4H7IO/c5-4-2-1-3-6-4/h4H,1-3H2/t4-/m1/s1. The minimum absolute atomic E-state index is 0.516. The van der Waals surface area contributed by atoms with Gasteiger partial charge in [-0.05, 0) is 12.8 Å². The van der Waals surface area contributed by atoms with E-state index in [2.05, 4.69) is 22.6 Å². The number of hydrogen-bond donors (Lipinski definition) is 0. The summed E-state index contributed by atoms with van der Waals surface area (Å²) in [4.78, 5) is 0. The Hall–Kier alpha value is 0.690. The molecule has 1 atom stereocenters. The molecule has 36 valence electrons. The summed E-state index contributed by atoms with van der Waals surface area (Å²) in [6.45, 7) is 0.980. The highest BCUT2D eigenvalue weighted by molar-refractivity contribution is 14.1. The third kappa shape index (κ3) is 1.08. The second-order valence-electron chi connectivity index (χ2n) is 1.42. The van der Waals surface area contributed by atoms with Gasteiger partial charge in [0.1, 0.15) is 4.11 Å². The molecule has 1 heterocycles. The predicted octanol–water partition coefficient (Wildman–Crippen LogP) is 1.56. The summed E-state index contributed by atoms with van der Waals surface area (Å²) in [6, 6.07) is 0. The Morgan fingerprint density at radius 1 is 1.67 bits per heavy atom. The quantitative estimate of drug-likeness (QED) is 0.424. The molecule has 1 rings (SSSR count). The van der Waals surface area contributed by atoms with Gasteiger partial charge >= 0.3 is 0 Å². The van der Waals surface area contributed by atoms with Gasteiger partial charge in [0.25, 0.3) is 0 Å². The number of rotatable bonds is 0. The lowest BCUT2D eigenvalue weighted by Gasteiger charge is -1.92. The van der Waals surface area contributed by atoms with Crippen LogP contribution < -0.4 is 0 Å². The van der Waals surface area contributed by atoms with Crippen LogP contribution in [0.5, 0.6) is 0 Å². The molecule has 1 aliphatic rings. The zero-order chi connectivity index (χ0) is 4.41. The highest BCUT2D eigenvalue weighted by Gasteiger charge is 2.09. The highest BCUT2D eigenvalue weighted by atomic mass is 127. The number of ether oxygens (including phenoxy) is 1. The zero-order valence-electron chi connectivity index (χ0n) is 3.48. The first-order valence-corrected chi connectivity index (χ1v) is 3.40. The molecular formula is C4H7IO. The predicted molar refractivity (Wildman–Crippen MR) is 33.0 cm³/mol. The minimum Gasteiger partial charge on any atom is -0.368 e. The second kappa shape index (κ2) is 2.12. The van der Waals surface area contributed by atoms with Gasteiger partial charge in [0.15, 0.2) is 0 Å². The first-order valence-electron chi connectivity index (χ1n) is 2.15. The van der Waals surface area contributed by atoms with E-state index in [1.54, 1.807) is 0 Å². The fourth-order valence-corrected chi connectivity index (χ4v) is 1.23. The summed E-state index contributed by atoms with van der Waals surface area (Å²) in [5.74, 6) is 0. The van der Waals surface area contributed by atoms with Gasteiger partial charge in [0, 0.05) is 6.61 Å². The van der Waals surface area contributed by atoms with Gasteiger partial charge < -0.3 is 4.74 Å². The lowest BCUT2D eigenvalue weighted by atomic mass is 10.4. The summed E-state index contributed by atoms with van der Waals surface area (Å²) in [5.41, 5.74) is 0. The highest BCUT2D eigenvalue weighted by Crippen LogP contribution is 2.16. The fourth-order valence-electron chi connectivity index (χ4n) is 0.538. The smallest absolute Gasteiger partial charge is 0.108 e. The van der Waals surface area contributed by atoms with Crippen molar-refractivity contribution >= 4 is 22.6 Å². The van der Waals surface area contributed by atoms with E-state index in [4.69, 9.17) is 4.74 Å². The Kier molecular flexibility index (Phi) is 1.71. The maximum atomic E-state index is 5.14. The van der Waals surface area contributed by atoms with Gasteiger partial charge in [0.05, 0.1) is 0 Å². The molecule has 0 radical (unpaired) electrons. The van der Waals surface area contributed by atoms with E-state index in [9.17, 15) is 0 Å². The zero-order valence-corrected chi connectivity index (χ0v) is 5.64. The molecule has 0 aliphatic carbocycles. The normalized spacial score (nSPS) is 34.5. The van der Waals surface area contributed by atoms with Gasteiger partial charge in [0.2, 0.25) is 0 Å². The van der Waals surface area contributed by atoms with Crippen molar-refractivity contribution in [3.63, 3.8) is 0 Å². The van der Waals surface area contributed by atoms with Crippen LogP contribution in [0.4, 0.5) is 0 Å². The van der Waals surface area contributed by atoms with E-state index in [0.29, 0.717) is 4.11 Å². The van der Waals surface area contributed by atoms with E-state index in [1.807, 2.05) is 0 Å². The molecule has 0 bridgehead atoms. The molecule has 0 amide bonds. The lowest BCUT2D eigenvalue weighted by molar-refractivity contribution is 0.184. The van der Waals surface area contributed by atoms with Crippen LogP contribution in [-0.4, -0.2) is 10.7 Å². The van der Waals surface area contributed by atoms with Crippen LogP contribution in [0.15, 0.2) is 0 Å². The third-order valence-corrected chi connectivity index (χ3v) is 1.86. The van der Waals surface area contributed by atoms with E-state index in [0.717, 1.165) is 6.61 Å². The summed E-state index contributed by atoms with van der Waals surface area (Å²) in [6.07, 6.45) is 2.51. The number of halogens is 1. The Morgan fingerprint density at radius 2 is 2.50 bits per heavy atom. The van der Waals surface area contributed by atoms with Crippen LogP contribution in [-0.2, 0) is 4.74 Å². The van der Waals surface area contributed by atoms with Crippen molar-refractivity contribution < 1.29 is 4.74 Å². The molecule has 1 nitrogen and oxygen atoms in total. The van der Waals surface area contributed by atoms with Crippen LogP contribution in [0, 0.1) is 0 Å². The summed E-state index contributed by atoms with van der Waals surface area (Å²) >= 11 is 2.31. The molecule has 0 saturated carbocycles. The Labute approximate surface area is 51.2 Å². The van der Waals surface area contributed by atoms with E-state index >= 15 is 0 Å². The molecular weight excluding hydrogens is 191 g/mol. The van der Waals surface area contributed by atoms with E-state index in [-0.39, 0.29) is 0 Å². The van der Waals surface area contributed by atoms with Gasteiger partial charge in [-0.25, -0.2) is 0 Å². The van der Waals surface area contributed by atoms with Crippen molar-refractivity contribution in [3.8, 4) is 0 Å². The van der Waals surface area contributed by atoms with Gasteiger partial charge in [-0.3, -0.25) is 0 Å². The second-order valence-corrected chi connectivity index (χ2v) is 2.81. The maximum Gasteiger partial charge on any atom is 0.108 e. The fraction of sp³-hybridized carbons (Fsp3) is 1.00. The molecule has 0 aromatic rings. The molecule has 0 aromatic heterocycles. The van der Waals surface area contributed by atoms with Gasteiger partial charge in [-0.2, -0.15) is 0 Å². The molecule has 0 spiro atoms. The largest absolute Gasteiger partial charge is 0.368 e. The van der Waals surface area contributed by atoms with Gasteiger partial charge in [-0.1, -0.05) is 22.6 Å². The Morgan fingerprint density at radius 3 is 2.67 bits per heavy atom. The van der Waals surface area contributed by atoms with Crippen LogP contribution in [0.25, 0.3) is 0 Å². The van der Waals surface area contributed by atoms with Crippen LogP contribution in [0.3, 0.4) is 0 Å². The molecule has 1 fully saturated rings. The average molecular weight is 198 g/mol. The van der Waals surface area contributed by atoms with E-state index < -0.39 is 0 Å². The SMILES string of the molecule is I[C@H]1CCCO1. The lowest BCUT2D eigenvalue weighted by Crippen LogP contribution is -1.88. The minimum atomic E-state index is 0.516. The van der Waals surface area contributed by atoms with Crippen LogP contribution in [0.2, 0.25) is 0 Å². The monoisotopic (exact) mass is 198 g/mol. The number of alkyl halides is 1. The first-order chi connectivity index (χ1) is 2.89. The van der Waals surface area contributed by atoms with Crippen LogP contribution >= 0.6 is 22.6 Å². The average Bonchev–Trinajstić information content (AvgIpc) is 1.86. The molecule has 1 aliphatic heterocycles. The Bertz CT molecular complexity index is 40.8.